The minimum Gasteiger partial charge on any atom is -0.399 e. The smallest absolute Gasteiger partial charge is 0.213 e. The van der Waals surface area contributed by atoms with E-state index in [2.05, 4.69) is 22.2 Å². The van der Waals surface area contributed by atoms with Crippen molar-refractivity contribution in [2.24, 2.45) is 0 Å². The van der Waals surface area contributed by atoms with Gasteiger partial charge in [-0.3, -0.25) is 0 Å². The minimum atomic E-state index is 0.754. The number of hydrogen-bond acceptors (Lipinski definition) is 4. The SMILES string of the molecule is Nc1ccc(-c2cn3nc(-c4ccccc4)sc3n2)cc1. The Bertz CT molecular complexity index is 860. The second kappa shape index (κ2) is 4.71. The van der Waals surface area contributed by atoms with Gasteiger partial charge in [0.15, 0.2) is 0 Å². The maximum Gasteiger partial charge on any atom is 0.213 e. The monoisotopic (exact) mass is 292 g/mol. The van der Waals surface area contributed by atoms with Gasteiger partial charge in [-0.25, -0.2) is 9.50 Å². The Kier molecular flexibility index (Phi) is 2.72. The van der Waals surface area contributed by atoms with Crippen LogP contribution >= 0.6 is 11.3 Å². The molecule has 0 spiro atoms. The fourth-order valence-corrected chi connectivity index (χ4v) is 3.08. The lowest BCUT2D eigenvalue weighted by molar-refractivity contribution is 0.978. The van der Waals surface area contributed by atoms with Crippen molar-refractivity contribution in [3.63, 3.8) is 0 Å². The van der Waals surface area contributed by atoms with E-state index in [0.29, 0.717) is 0 Å². The molecule has 0 aliphatic heterocycles. The Morgan fingerprint density at radius 1 is 0.905 bits per heavy atom. The highest BCUT2D eigenvalue weighted by atomic mass is 32.1. The van der Waals surface area contributed by atoms with Gasteiger partial charge in [-0.15, -0.1) is 0 Å². The van der Waals surface area contributed by atoms with E-state index < -0.39 is 0 Å². The molecule has 2 N–H and O–H groups in total. The molecule has 0 saturated carbocycles. The summed E-state index contributed by atoms with van der Waals surface area (Å²) in [6.07, 6.45) is 1.95. The van der Waals surface area contributed by atoms with Crippen LogP contribution in [0.25, 0.3) is 26.8 Å². The Morgan fingerprint density at radius 3 is 2.38 bits per heavy atom. The summed E-state index contributed by atoms with van der Waals surface area (Å²) in [4.78, 5) is 5.53. The first-order chi connectivity index (χ1) is 10.3. The number of rotatable bonds is 2. The van der Waals surface area contributed by atoms with Gasteiger partial charge >= 0.3 is 0 Å². The maximum absolute atomic E-state index is 5.71. The lowest BCUT2D eigenvalue weighted by atomic mass is 10.1. The number of nitrogen functional groups attached to an aromatic ring is 1. The predicted molar refractivity (Wildman–Crippen MR) is 86.1 cm³/mol. The molecule has 102 valence electrons. The summed E-state index contributed by atoms with van der Waals surface area (Å²) in [5.74, 6) is 0. The van der Waals surface area contributed by atoms with Crippen LogP contribution in [-0.4, -0.2) is 14.6 Å². The normalized spacial score (nSPS) is 11.0. The molecular formula is C16H12N4S. The lowest BCUT2D eigenvalue weighted by Gasteiger charge is -1.96. The van der Waals surface area contributed by atoms with Crippen molar-refractivity contribution in [3.05, 3.63) is 60.8 Å². The molecule has 0 amide bonds. The molecule has 4 rings (SSSR count). The van der Waals surface area contributed by atoms with Crippen LogP contribution in [0.15, 0.2) is 60.8 Å². The van der Waals surface area contributed by atoms with Crippen molar-refractivity contribution in [1.29, 1.82) is 0 Å². The van der Waals surface area contributed by atoms with Crippen LogP contribution in [0.4, 0.5) is 5.69 Å². The maximum atomic E-state index is 5.71. The van der Waals surface area contributed by atoms with Gasteiger partial charge in [0.05, 0.1) is 11.9 Å². The van der Waals surface area contributed by atoms with Gasteiger partial charge in [-0.1, -0.05) is 53.8 Å². The van der Waals surface area contributed by atoms with Gasteiger partial charge in [0, 0.05) is 16.8 Å². The van der Waals surface area contributed by atoms with Crippen LogP contribution in [0, 0.1) is 0 Å². The Hall–Kier alpha value is -2.66. The third-order valence-corrected chi connectivity index (χ3v) is 4.24. The molecule has 2 heterocycles. The van der Waals surface area contributed by atoms with Crippen LogP contribution in [-0.2, 0) is 0 Å². The summed E-state index contributed by atoms with van der Waals surface area (Å²) in [6, 6.07) is 17.8. The van der Waals surface area contributed by atoms with Crippen LogP contribution in [0.3, 0.4) is 0 Å². The highest BCUT2D eigenvalue weighted by Crippen LogP contribution is 2.28. The molecule has 5 heteroatoms. The highest BCUT2D eigenvalue weighted by molar-refractivity contribution is 7.19. The number of anilines is 1. The molecule has 0 fully saturated rings. The molecule has 21 heavy (non-hydrogen) atoms. The van der Waals surface area contributed by atoms with Crippen molar-refractivity contribution in [3.8, 4) is 21.8 Å². The highest BCUT2D eigenvalue weighted by Gasteiger charge is 2.10. The summed E-state index contributed by atoms with van der Waals surface area (Å²) in [7, 11) is 0. The number of fused-ring (bicyclic) bond motifs is 1. The summed E-state index contributed by atoms with van der Waals surface area (Å²) < 4.78 is 1.83. The minimum absolute atomic E-state index is 0.754. The molecule has 4 aromatic rings. The average molecular weight is 292 g/mol. The van der Waals surface area contributed by atoms with Gasteiger partial charge in [0.1, 0.15) is 5.01 Å². The van der Waals surface area contributed by atoms with Crippen LogP contribution in [0.1, 0.15) is 0 Å². The zero-order valence-electron chi connectivity index (χ0n) is 11.1. The van der Waals surface area contributed by atoms with E-state index in [0.717, 1.165) is 32.5 Å². The molecule has 0 bridgehead atoms. The summed E-state index contributed by atoms with van der Waals surface area (Å²) in [6.45, 7) is 0. The van der Waals surface area contributed by atoms with Crippen molar-refractivity contribution in [2.75, 3.05) is 5.73 Å². The predicted octanol–water partition coefficient (Wildman–Crippen LogP) is 3.71. The summed E-state index contributed by atoms with van der Waals surface area (Å²) in [5.41, 5.74) is 9.53. The van der Waals surface area contributed by atoms with Crippen LogP contribution in [0.2, 0.25) is 0 Å². The van der Waals surface area contributed by atoms with Crippen molar-refractivity contribution >= 4 is 22.0 Å². The molecule has 0 saturated heterocycles. The van der Waals surface area contributed by atoms with Crippen molar-refractivity contribution in [1.82, 2.24) is 14.6 Å². The quantitative estimate of drug-likeness (QED) is 0.573. The second-order valence-electron chi connectivity index (χ2n) is 4.75. The first kappa shape index (κ1) is 12.1. The van der Waals surface area contributed by atoms with E-state index in [1.807, 2.05) is 53.2 Å². The number of nitrogens with two attached hydrogens (primary N) is 1. The van der Waals surface area contributed by atoms with E-state index in [9.17, 15) is 0 Å². The molecule has 0 atom stereocenters. The van der Waals surface area contributed by atoms with Gasteiger partial charge in [0.2, 0.25) is 4.96 Å². The molecule has 2 aromatic carbocycles. The van der Waals surface area contributed by atoms with E-state index in [-0.39, 0.29) is 0 Å². The first-order valence-electron chi connectivity index (χ1n) is 6.57. The van der Waals surface area contributed by atoms with Crippen molar-refractivity contribution < 1.29 is 0 Å². The van der Waals surface area contributed by atoms with Gasteiger partial charge in [-0.05, 0) is 12.1 Å². The van der Waals surface area contributed by atoms with Gasteiger partial charge in [-0.2, -0.15) is 5.10 Å². The standard InChI is InChI=1S/C16H12N4S/c17-13-8-6-11(7-9-13)14-10-20-16(18-14)21-15(19-20)12-4-2-1-3-5-12/h1-10H,17H2. The van der Waals surface area contributed by atoms with E-state index >= 15 is 0 Å². The first-order valence-corrected chi connectivity index (χ1v) is 7.39. The molecule has 4 nitrogen and oxygen atoms in total. The van der Waals surface area contributed by atoms with Crippen LogP contribution < -0.4 is 5.73 Å². The fraction of sp³-hybridized carbons (Fsp3) is 0. The number of aromatic nitrogens is 3. The average Bonchev–Trinajstić information content (AvgIpc) is 3.07. The molecule has 0 unspecified atom stereocenters. The number of benzene rings is 2. The topological polar surface area (TPSA) is 56.2 Å². The summed E-state index contributed by atoms with van der Waals surface area (Å²) in [5, 5.41) is 5.57. The molecule has 0 radical (unpaired) electrons. The lowest BCUT2D eigenvalue weighted by Crippen LogP contribution is -1.84. The molecule has 0 aliphatic rings. The van der Waals surface area contributed by atoms with Crippen LogP contribution in [0.5, 0.6) is 0 Å². The van der Waals surface area contributed by atoms with Gasteiger partial charge in [0.25, 0.3) is 0 Å². The van der Waals surface area contributed by atoms with Crippen molar-refractivity contribution in [2.45, 2.75) is 0 Å². The molecule has 2 aromatic heterocycles. The Morgan fingerprint density at radius 2 is 1.67 bits per heavy atom. The zero-order valence-corrected chi connectivity index (χ0v) is 11.9. The Labute approximate surface area is 125 Å². The zero-order chi connectivity index (χ0) is 14.2. The second-order valence-corrected chi connectivity index (χ2v) is 5.70. The van der Waals surface area contributed by atoms with Gasteiger partial charge < -0.3 is 5.73 Å². The third kappa shape index (κ3) is 2.17. The van der Waals surface area contributed by atoms with E-state index in [1.54, 1.807) is 11.3 Å². The van der Waals surface area contributed by atoms with E-state index in [4.69, 9.17) is 5.73 Å². The number of hydrogen-bond donors (Lipinski definition) is 1. The third-order valence-electron chi connectivity index (χ3n) is 3.27. The number of imidazole rings is 1. The fourth-order valence-electron chi connectivity index (χ4n) is 2.19. The molecular weight excluding hydrogens is 280 g/mol. The Balaban J connectivity index is 1.75. The largest absolute Gasteiger partial charge is 0.399 e. The molecule has 0 aliphatic carbocycles. The number of nitrogens with zero attached hydrogens (tertiary/aromatic N) is 3. The van der Waals surface area contributed by atoms with E-state index in [1.165, 1.54) is 0 Å². The summed E-state index contributed by atoms with van der Waals surface area (Å²) >= 11 is 1.59.